The van der Waals surface area contributed by atoms with Crippen molar-refractivity contribution in [3.05, 3.63) is 83.6 Å². The average Bonchev–Trinajstić information content (AvgIpc) is 2.64. The summed E-state index contributed by atoms with van der Waals surface area (Å²) < 4.78 is 9.52. The first-order valence-electron chi connectivity index (χ1n) is 7.78. The van der Waals surface area contributed by atoms with Gasteiger partial charge in [-0.3, -0.25) is 4.79 Å². The predicted octanol–water partition coefficient (Wildman–Crippen LogP) is 3.37. The van der Waals surface area contributed by atoms with E-state index in [1.165, 1.54) is 20.3 Å². The van der Waals surface area contributed by atoms with E-state index < -0.39 is 24.0 Å². The average molecular weight is 340 g/mol. The van der Waals surface area contributed by atoms with Gasteiger partial charge in [0.1, 0.15) is 0 Å². The van der Waals surface area contributed by atoms with Crippen molar-refractivity contribution in [1.29, 1.82) is 0 Å². The van der Waals surface area contributed by atoms with Crippen LogP contribution in [0.15, 0.2) is 66.9 Å². The van der Waals surface area contributed by atoms with Gasteiger partial charge in [0.05, 0.1) is 25.0 Å². The Morgan fingerprint density at radius 2 is 1.64 bits per heavy atom. The molecule has 5 heteroatoms. The molecule has 2 atom stereocenters. The van der Waals surface area contributed by atoms with Crippen LogP contribution < -0.4 is 0 Å². The van der Waals surface area contributed by atoms with Crippen molar-refractivity contribution in [3.63, 3.8) is 0 Å². The molecule has 0 aliphatic heterocycles. The Balaban J connectivity index is 2.28. The van der Waals surface area contributed by atoms with Crippen LogP contribution in [0.5, 0.6) is 0 Å². The van der Waals surface area contributed by atoms with Gasteiger partial charge in [-0.25, -0.2) is 4.79 Å². The quantitative estimate of drug-likeness (QED) is 0.645. The second-order valence-electron chi connectivity index (χ2n) is 5.43. The summed E-state index contributed by atoms with van der Waals surface area (Å²) in [6, 6.07) is 15.9. The van der Waals surface area contributed by atoms with Crippen LogP contribution in [0, 0.1) is 0 Å². The number of hydrogen-bond acceptors (Lipinski definition) is 5. The van der Waals surface area contributed by atoms with Gasteiger partial charge in [-0.1, -0.05) is 42.5 Å². The number of esters is 2. The van der Waals surface area contributed by atoms with E-state index in [0.717, 1.165) is 5.56 Å². The van der Waals surface area contributed by atoms with Crippen molar-refractivity contribution >= 4 is 11.9 Å². The first-order chi connectivity index (χ1) is 12.0. The molecule has 0 aliphatic rings. The van der Waals surface area contributed by atoms with Crippen molar-refractivity contribution in [2.24, 2.45) is 0 Å². The highest BCUT2D eigenvalue weighted by Crippen LogP contribution is 2.32. The fraction of sp³-hybridized carbons (Fsp3) is 0.200. The first-order valence-corrected chi connectivity index (χ1v) is 7.78. The minimum Gasteiger partial charge on any atom is -0.465 e. The zero-order valence-corrected chi connectivity index (χ0v) is 14.1. The summed E-state index contributed by atoms with van der Waals surface area (Å²) in [5.41, 5.74) is 1.91. The highest BCUT2D eigenvalue weighted by Gasteiger charge is 2.21. The summed E-state index contributed by atoms with van der Waals surface area (Å²) in [5, 5.41) is 10.8. The molecule has 25 heavy (non-hydrogen) atoms. The van der Waals surface area contributed by atoms with Gasteiger partial charge < -0.3 is 14.6 Å². The molecule has 5 nitrogen and oxygen atoms in total. The van der Waals surface area contributed by atoms with Crippen LogP contribution >= 0.6 is 0 Å². The Labute approximate surface area is 146 Å². The lowest BCUT2D eigenvalue weighted by Crippen LogP contribution is -2.10. The molecule has 0 saturated heterocycles. The molecule has 2 aromatic rings. The predicted molar refractivity (Wildman–Crippen MR) is 92.8 cm³/mol. The summed E-state index contributed by atoms with van der Waals surface area (Å²) in [6.07, 6.45) is 2.04. The maximum atomic E-state index is 11.5. The third kappa shape index (κ3) is 5.02. The smallest absolute Gasteiger partial charge is 0.337 e. The van der Waals surface area contributed by atoms with Crippen molar-refractivity contribution in [3.8, 4) is 0 Å². The third-order valence-corrected chi connectivity index (χ3v) is 3.72. The van der Waals surface area contributed by atoms with Crippen molar-refractivity contribution in [2.75, 3.05) is 7.11 Å². The lowest BCUT2D eigenvalue weighted by molar-refractivity contribution is -0.135. The molecule has 0 radical (unpaired) electrons. The fourth-order valence-corrected chi connectivity index (χ4v) is 2.44. The van der Waals surface area contributed by atoms with Crippen LogP contribution in [0.1, 0.15) is 40.4 Å². The highest BCUT2D eigenvalue weighted by atomic mass is 16.5. The first kappa shape index (κ1) is 18.4. The van der Waals surface area contributed by atoms with E-state index in [1.54, 1.807) is 30.3 Å². The Kier molecular flexibility index (Phi) is 6.48. The van der Waals surface area contributed by atoms with Crippen LogP contribution in [0.4, 0.5) is 0 Å². The molecule has 0 aliphatic carbocycles. The van der Waals surface area contributed by atoms with E-state index in [9.17, 15) is 14.7 Å². The molecule has 1 N–H and O–H groups in total. The van der Waals surface area contributed by atoms with Crippen LogP contribution in [0.3, 0.4) is 0 Å². The Morgan fingerprint density at radius 3 is 2.20 bits per heavy atom. The summed E-state index contributed by atoms with van der Waals surface area (Å²) in [4.78, 5) is 22.5. The van der Waals surface area contributed by atoms with Gasteiger partial charge >= 0.3 is 11.9 Å². The molecule has 130 valence electrons. The van der Waals surface area contributed by atoms with E-state index in [2.05, 4.69) is 4.74 Å². The minimum atomic E-state index is -0.874. The molecule has 0 saturated carbocycles. The van der Waals surface area contributed by atoms with Crippen LogP contribution in [-0.2, 0) is 14.3 Å². The number of carbonyl (C=O) groups is 2. The Bertz CT molecular complexity index is 734. The SMILES string of the molecule is COC(=O)c1ccc([C@H](O)[C@@H](/C=C\OC(C)=O)c2ccccc2)cc1. The van der Waals surface area contributed by atoms with Crippen LogP contribution in [0.2, 0.25) is 0 Å². The van der Waals surface area contributed by atoms with E-state index >= 15 is 0 Å². The molecular formula is C20H20O5. The Morgan fingerprint density at radius 1 is 1.00 bits per heavy atom. The standard InChI is InChI=1S/C20H20O5/c1-14(21)25-13-12-18(15-6-4-3-5-7-15)19(22)16-8-10-17(11-9-16)20(23)24-2/h3-13,18-19,22H,1-2H3/b13-12-/t18-,19-/m0/s1. The molecule has 0 amide bonds. The molecule has 0 bridgehead atoms. The summed E-state index contributed by atoms with van der Waals surface area (Å²) in [7, 11) is 1.32. The third-order valence-electron chi connectivity index (χ3n) is 3.72. The number of methoxy groups -OCH3 is 1. The topological polar surface area (TPSA) is 72.8 Å². The number of carbonyl (C=O) groups excluding carboxylic acids is 2. The van der Waals surface area contributed by atoms with Gasteiger partial charge in [-0.15, -0.1) is 0 Å². The van der Waals surface area contributed by atoms with E-state index in [4.69, 9.17) is 4.74 Å². The minimum absolute atomic E-state index is 0.408. The normalized spacial score (nSPS) is 13.2. The number of aliphatic hydroxyl groups is 1. The molecule has 0 fully saturated rings. The van der Waals surface area contributed by atoms with Crippen molar-refractivity contribution in [2.45, 2.75) is 18.9 Å². The summed E-state index contributed by atoms with van der Waals surface area (Å²) >= 11 is 0. The largest absolute Gasteiger partial charge is 0.465 e. The molecular weight excluding hydrogens is 320 g/mol. The summed E-state index contributed by atoms with van der Waals surface area (Å²) in [5.74, 6) is -1.28. The fourth-order valence-electron chi connectivity index (χ4n) is 2.44. The Hall–Kier alpha value is -2.92. The van der Waals surface area contributed by atoms with Crippen LogP contribution in [-0.4, -0.2) is 24.2 Å². The van der Waals surface area contributed by atoms with Gasteiger partial charge in [0.15, 0.2) is 0 Å². The second kappa shape index (κ2) is 8.80. The summed E-state index contributed by atoms with van der Waals surface area (Å²) in [6.45, 7) is 1.31. The number of benzene rings is 2. The maximum Gasteiger partial charge on any atom is 0.337 e. The van der Waals surface area contributed by atoms with Gasteiger partial charge in [-0.05, 0) is 29.3 Å². The molecule has 0 aromatic heterocycles. The maximum absolute atomic E-state index is 11.5. The van der Waals surface area contributed by atoms with E-state index in [-0.39, 0.29) is 0 Å². The zero-order valence-electron chi connectivity index (χ0n) is 14.1. The van der Waals surface area contributed by atoms with Crippen LogP contribution in [0.25, 0.3) is 0 Å². The number of aliphatic hydroxyl groups excluding tert-OH is 1. The van der Waals surface area contributed by atoms with E-state index in [1.807, 2.05) is 30.3 Å². The second-order valence-corrected chi connectivity index (χ2v) is 5.43. The lowest BCUT2D eigenvalue weighted by atomic mass is 9.89. The number of hydrogen-bond donors (Lipinski definition) is 1. The van der Waals surface area contributed by atoms with Gasteiger partial charge in [0.25, 0.3) is 0 Å². The van der Waals surface area contributed by atoms with E-state index in [0.29, 0.717) is 11.1 Å². The van der Waals surface area contributed by atoms with Crippen molar-refractivity contribution < 1.29 is 24.2 Å². The van der Waals surface area contributed by atoms with Gasteiger partial charge in [0, 0.05) is 12.8 Å². The lowest BCUT2D eigenvalue weighted by Gasteiger charge is -2.21. The van der Waals surface area contributed by atoms with Gasteiger partial charge in [0.2, 0.25) is 0 Å². The molecule has 0 spiro atoms. The molecule has 0 heterocycles. The zero-order chi connectivity index (χ0) is 18.2. The van der Waals surface area contributed by atoms with Crippen molar-refractivity contribution in [1.82, 2.24) is 0 Å². The molecule has 2 rings (SSSR count). The monoisotopic (exact) mass is 340 g/mol. The number of ether oxygens (including phenoxy) is 2. The number of rotatable bonds is 6. The molecule has 0 unspecified atom stereocenters. The molecule has 2 aromatic carbocycles. The highest BCUT2D eigenvalue weighted by molar-refractivity contribution is 5.89. The van der Waals surface area contributed by atoms with Gasteiger partial charge in [-0.2, -0.15) is 0 Å².